The Morgan fingerprint density at radius 3 is 2.93 bits per heavy atom. The van der Waals surface area contributed by atoms with Crippen molar-refractivity contribution in [2.75, 3.05) is 13.6 Å². The van der Waals surface area contributed by atoms with Gasteiger partial charge in [-0.3, -0.25) is 9.88 Å². The maximum Gasteiger partial charge on any atom is 0.0634 e. The summed E-state index contributed by atoms with van der Waals surface area (Å²) in [5, 5.41) is 0.712. The van der Waals surface area contributed by atoms with Crippen LogP contribution in [0.25, 0.3) is 0 Å². The molecule has 0 amide bonds. The molecule has 2 N–H and O–H groups in total. The minimum Gasteiger partial charge on any atom is -0.329 e. The SMILES string of the molecule is CC(CN)N(C)Cc1ccncc1Cl. The molecule has 0 aliphatic heterocycles. The van der Waals surface area contributed by atoms with Gasteiger partial charge in [-0.2, -0.15) is 0 Å². The number of likely N-dealkylation sites (N-methyl/N-ethyl adjacent to an activating group) is 1. The molecule has 0 aliphatic rings. The Kier molecular flexibility index (Phi) is 4.32. The zero-order valence-corrected chi connectivity index (χ0v) is 9.33. The number of rotatable bonds is 4. The van der Waals surface area contributed by atoms with Crippen LogP contribution in [0.4, 0.5) is 0 Å². The first kappa shape index (κ1) is 11.4. The molecule has 78 valence electrons. The molecule has 1 unspecified atom stereocenters. The van der Waals surface area contributed by atoms with E-state index in [0.29, 0.717) is 17.6 Å². The Balaban J connectivity index is 2.64. The van der Waals surface area contributed by atoms with Crippen molar-refractivity contribution < 1.29 is 0 Å². The van der Waals surface area contributed by atoms with E-state index in [1.54, 1.807) is 12.4 Å². The number of halogens is 1. The fourth-order valence-corrected chi connectivity index (χ4v) is 1.32. The first-order valence-corrected chi connectivity index (χ1v) is 5.01. The van der Waals surface area contributed by atoms with Crippen LogP contribution in [0.3, 0.4) is 0 Å². The number of nitrogens with zero attached hydrogens (tertiary/aromatic N) is 2. The van der Waals surface area contributed by atoms with Crippen LogP contribution in [0.5, 0.6) is 0 Å². The maximum absolute atomic E-state index is 6.00. The monoisotopic (exact) mass is 213 g/mol. The van der Waals surface area contributed by atoms with Gasteiger partial charge in [0.05, 0.1) is 5.02 Å². The Morgan fingerprint density at radius 1 is 1.64 bits per heavy atom. The van der Waals surface area contributed by atoms with Crippen molar-refractivity contribution in [3.63, 3.8) is 0 Å². The number of nitrogens with two attached hydrogens (primary N) is 1. The van der Waals surface area contributed by atoms with Gasteiger partial charge in [0.1, 0.15) is 0 Å². The van der Waals surface area contributed by atoms with Gasteiger partial charge in [-0.05, 0) is 25.6 Å². The quantitative estimate of drug-likeness (QED) is 0.825. The highest BCUT2D eigenvalue weighted by atomic mass is 35.5. The minimum atomic E-state index is 0.360. The number of aromatic nitrogens is 1. The molecule has 0 radical (unpaired) electrons. The first-order chi connectivity index (χ1) is 6.65. The van der Waals surface area contributed by atoms with Crippen LogP contribution >= 0.6 is 11.6 Å². The fraction of sp³-hybridized carbons (Fsp3) is 0.500. The van der Waals surface area contributed by atoms with Crippen LogP contribution in [0.2, 0.25) is 5.02 Å². The zero-order valence-electron chi connectivity index (χ0n) is 8.57. The highest BCUT2D eigenvalue weighted by molar-refractivity contribution is 6.31. The van der Waals surface area contributed by atoms with Gasteiger partial charge in [-0.15, -0.1) is 0 Å². The van der Waals surface area contributed by atoms with Gasteiger partial charge in [-0.25, -0.2) is 0 Å². The molecule has 1 heterocycles. The van der Waals surface area contributed by atoms with Gasteiger partial charge >= 0.3 is 0 Å². The van der Waals surface area contributed by atoms with Crippen molar-refractivity contribution >= 4 is 11.6 Å². The largest absolute Gasteiger partial charge is 0.329 e. The summed E-state index contributed by atoms with van der Waals surface area (Å²) in [6, 6.07) is 2.29. The summed E-state index contributed by atoms with van der Waals surface area (Å²) >= 11 is 6.00. The Hall–Kier alpha value is -0.640. The molecule has 1 aromatic heterocycles. The van der Waals surface area contributed by atoms with E-state index in [4.69, 9.17) is 17.3 Å². The van der Waals surface area contributed by atoms with Crippen molar-refractivity contribution in [3.05, 3.63) is 29.0 Å². The third-order valence-electron chi connectivity index (χ3n) is 2.37. The molecule has 14 heavy (non-hydrogen) atoms. The molecule has 1 rings (SSSR count). The Labute approximate surface area is 89.9 Å². The number of hydrogen-bond acceptors (Lipinski definition) is 3. The summed E-state index contributed by atoms with van der Waals surface area (Å²) in [6.07, 6.45) is 3.42. The minimum absolute atomic E-state index is 0.360. The highest BCUT2D eigenvalue weighted by Gasteiger charge is 2.09. The van der Waals surface area contributed by atoms with E-state index in [1.807, 2.05) is 13.1 Å². The van der Waals surface area contributed by atoms with Crippen LogP contribution in [0, 0.1) is 0 Å². The molecule has 3 nitrogen and oxygen atoms in total. The van der Waals surface area contributed by atoms with Gasteiger partial charge in [0.25, 0.3) is 0 Å². The summed E-state index contributed by atoms with van der Waals surface area (Å²) in [4.78, 5) is 6.11. The molecule has 0 aliphatic carbocycles. The second-order valence-electron chi connectivity index (χ2n) is 3.47. The topological polar surface area (TPSA) is 42.1 Å². The van der Waals surface area contributed by atoms with E-state index in [2.05, 4.69) is 16.8 Å². The van der Waals surface area contributed by atoms with Crippen molar-refractivity contribution in [2.45, 2.75) is 19.5 Å². The maximum atomic E-state index is 6.00. The second kappa shape index (κ2) is 5.29. The van der Waals surface area contributed by atoms with Crippen LogP contribution in [0.1, 0.15) is 12.5 Å². The lowest BCUT2D eigenvalue weighted by atomic mass is 10.2. The third-order valence-corrected chi connectivity index (χ3v) is 2.71. The standard InChI is InChI=1S/C10H16ClN3/c1-8(5-12)14(2)7-9-3-4-13-6-10(9)11/h3-4,6,8H,5,7,12H2,1-2H3. The molecule has 1 aromatic rings. The number of pyridine rings is 1. The predicted octanol–water partition coefficient (Wildman–Crippen LogP) is 1.51. The normalized spacial score (nSPS) is 13.2. The van der Waals surface area contributed by atoms with E-state index in [-0.39, 0.29) is 0 Å². The summed E-state index contributed by atoms with van der Waals surface area (Å²) in [5.41, 5.74) is 6.67. The lowest BCUT2D eigenvalue weighted by molar-refractivity contribution is 0.255. The van der Waals surface area contributed by atoms with E-state index in [0.717, 1.165) is 12.1 Å². The number of hydrogen-bond donors (Lipinski definition) is 1. The molecule has 0 aromatic carbocycles. The van der Waals surface area contributed by atoms with Crippen LogP contribution in [-0.2, 0) is 6.54 Å². The van der Waals surface area contributed by atoms with Crippen molar-refractivity contribution in [1.82, 2.24) is 9.88 Å². The summed E-state index contributed by atoms with van der Waals surface area (Å²) in [7, 11) is 2.04. The van der Waals surface area contributed by atoms with Crippen LogP contribution < -0.4 is 5.73 Å². The van der Waals surface area contributed by atoms with Gasteiger partial charge in [0, 0.05) is 31.5 Å². The first-order valence-electron chi connectivity index (χ1n) is 4.64. The van der Waals surface area contributed by atoms with E-state index < -0.39 is 0 Å². The predicted molar refractivity (Wildman–Crippen MR) is 59.2 cm³/mol. The van der Waals surface area contributed by atoms with E-state index in [9.17, 15) is 0 Å². The Bertz CT molecular complexity index is 290. The molecule has 0 fully saturated rings. The Morgan fingerprint density at radius 2 is 2.36 bits per heavy atom. The summed E-state index contributed by atoms with van der Waals surface area (Å²) < 4.78 is 0. The van der Waals surface area contributed by atoms with Crippen LogP contribution in [0.15, 0.2) is 18.5 Å². The molecular formula is C10H16ClN3. The van der Waals surface area contributed by atoms with Gasteiger partial charge < -0.3 is 5.73 Å². The summed E-state index contributed by atoms with van der Waals surface area (Å²) in [6.45, 7) is 3.55. The molecule has 0 spiro atoms. The van der Waals surface area contributed by atoms with Crippen molar-refractivity contribution in [3.8, 4) is 0 Å². The van der Waals surface area contributed by atoms with E-state index in [1.165, 1.54) is 0 Å². The average molecular weight is 214 g/mol. The lowest BCUT2D eigenvalue weighted by Crippen LogP contribution is -2.34. The molecule has 1 atom stereocenters. The molecule has 0 saturated heterocycles. The molecule has 0 bridgehead atoms. The molecular weight excluding hydrogens is 198 g/mol. The van der Waals surface area contributed by atoms with E-state index >= 15 is 0 Å². The van der Waals surface area contributed by atoms with Gasteiger partial charge in [0.2, 0.25) is 0 Å². The smallest absolute Gasteiger partial charge is 0.0634 e. The van der Waals surface area contributed by atoms with Crippen molar-refractivity contribution in [1.29, 1.82) is 0 Å². The van der Waals surface area contributed by atoms with Crippen molar-refractivity contribution in [2.24, 2.45) is 5.73 Å². The molecule has 4 heteroatoms. The summed E-state index contributed by atoms with van der Waals surface area (Å²) in [5.74, 6) is 0. The average Bonchev–Trinajstić information content (AvgIpc) is 2.20. The van der Waals surface area contributed by atoms with Crippen LogP contribution in [-0.4, -0.2) is 29.5 Å². The fourth-order valence-electron chi connectivity index (χ4n) is 1.14. The van der Waals surface area contributed by atoms with Gasteiger partial charge in [0.15, 0.2) is 0 Å². The zero-order chi connectivity index (χ0) is 10.6. The highest BCUT2D eigenvalue weighted by Crippen LogP contribution is 2.15. The van der Waals surface area contributed by atoms with Gasteiger partial charge in [-0.1, -0.05) is 11.6 Å². The third kappa shape index (κ3) is 2.94. The molecule has 0 saturated carbocycles. The lowest BCUT2D eigenvalue weighted by Gasteiger charge is -2.23. The second-order valence-corrected chi connectivity index (χ2v) is 3.87.